The van der Waals surface area contributed by atoms with Crippen molar-refractivity contribution in [3.05, 3.63) is 43.7 Å². The van der Waals surface area contributed by atoms with Crippen LogP contribution >= 0.6 is 39.0 Å². The summed E-state index contributed by atoms with van der Waals surface area (Å²) in [6, 6.07) is 3.65. The molecule has 8 heteroatoms. The van der Waals surface area contributed by atoms with E-state index in [2.05, 4.69) is 20.9 Å². The maximum Gasteiger partial charge on any atom is 0.231 e. The summed E-state index contributed by atoms with van der Waals surface area (Å²) in [5.74, 6) is 0.679. The van der Waals surface area contributed by atoms with Gasteiger partial charge in [0.05, 0.1) is 9.95 Å². The van der Waals surface area contributed by atoms with Gasteiger partial charge in [0, 0.05) is 16.0 Å². The van der Waals surface area contributed by atoms with Crippen LogP contribution in [0.4, 0.5) is 0 Å². The van der Waals surface area contributed by atoms with E-state index in [4.69, 9.17) is 14.9 Å². The van der Waals surface area contributed by atoms with Crippen LogP contribution in [-0.2, 0) is 4.79 Å². The van der Waals surface area contributed by atoms with Gasteiger partial charge in [0.1, 0.15) is 10.9 Å². The molecule has 3 heterocycles. The van der Waals surface area contributed by atoms with E-state index < -0.39 is 5.92 Å². The number of Topliss-reactive ketones (excluding diaryl/α,β-unsaturated/α-hetero) is 1. The third kappa shape index (κ3) is 2.60. The molecule has 1 fully saturated rings. The molecule has 1 N–H and O–H groups in total. The van der Waals surface area contributed by atoms with Crippen molar-refractivity contribution in [3.8, 4) is 11.5 Å². The van der Waals surface area contributed by atoms with Crippen LogP contribution in [0.5, 0.6) is 11.5 Å². The van der Waals surface area contributed by atoms with Crippen LogP contribution in [-0.4, -0.2) is 22.6 Å². The maximum atomic E-state index is 12.6. The number of hydrogen-bond acceptors (Lipinski definition) is 7. The second-order valence-electron chi connectivity index (χ2n) is 4.87. The molecule has 1 aromatic heterocycles. The quantitative estimate of drug-likeness (QED) is 0.758. The van der Waals surface area contributed by atoms with Crippen molar-refractivity contribution in [1.29, 1.82) is 5.41 Å². The van der Waals surface area contributed by atoms with Gasteiger partial charge < -0.3 is 9.47 Å². The van der Waals surface area contributed by atoms with Crippen LogP contribution in [0.2, 0.25) is 0 Å². The Labute approximate surface area is 148 Å². The molecule has 1 aromatic carbocycles. The zero-order chi connectivity index (χ0) is 16.0. The number of thioether (sulfide) groups is 1. The predicted molar refractivity (Wildman–Crippen MR) is 93.4 cm³/mol. The lowest BCUT2D eigenvalue weighted by molar-refractivity contribution is -0.114. The third-order valence-electron chi connectivity index (χ3n) is 3.46. The fraction of sp³-hybridized carbons (Fsp3) is 0.133. The summed E-state index contributed by atoms with van der Waals surface area (Å²) in [6.45, 7) is 0.201. The van der Waals surface area contributed by atoms with E-state index in [1.54, 1.807) is 12.3 Å². The zero-order valence-electron chi connectivity index (χ0n) is 11.5. The number of nitrogens with zero attached hydrogens (tertiary/aromatic N) is 1. The van der Waals surface area contributed by atoms with E-state index in [0.717, 1.165) is 10.0 Å². The third-order valence-corrected chi connectivity index (χ3v) is 5.99. The minimum atomic E-state index is -0.570. The maximum absolute atomic E-state index is 12.6. The predicted octanol–water partition coefficient (Wildman–Crippen LogP) is 4.05. The molecule has 4 rings (SSSR count). The van der Waals surface area contributed by atoms with Crippen molar-refractivity contribution in [2.45, 2.75) is 5.92 Å². The van der Waals surface area contributed by atoms with E-state index in [1.165, 1.54) is 23.1 Å². The first-order chi connectivity index (χ1) is 11.1. The molecule has 2 aromatic rings. The van der Waals surface area contributed by atoms with Gasteiger partial charge in [0.2, 0.25) is 6.79 Å². The molecule has 0 saturated carbocycles. The Morgan fingerprint density at radius 1 is 1.35 bits per heavy atom. The Morgan fingerprint density at radius 2 is 2.13 bits per heavy atom. The Hall–Kier alpha value is -1.64. The highest BCUT2D eigenvalue weighted by Crippen LogP contribution is 2.43. The number of nitrogens with one attached hydrogen (secondary N) is 1. The largest absolute Gasteiger partial charge is 0.454 e. The minimum absolute atomic E-state index is 0.0838. The van der Waals surface area contributed by atoms with Gasteiger partial charge in [-0.3, -0.25) is 10.2 Å². The van der Waals surface area contributed by atoms with Gasteiger partial charge in [-0.2, -0.15) is 0 Å². The van der Waals surface area contributed by atoms with Crippen LogP contribution in [0.25, 0.3) is 6.08 Å². The number of fused-ring (bicyclic) bond motifs is 1. The number of hydrogen-bond donors (Lipinski definition) is 1. The van der Waals surface area contributed by atoms with Crippen molar-refractivity contribution in [2.75, 3.05) is 6.79 Å². The van der Waals surface area contributed by atoms with Crippen molar-refractivity contribution in [3.63, 3.8) is 0 Å². The molecule has 0 radical (unpaired) electrons. The van der Waals surface area contributed by atoms with Crippen LogP contribution in [0.15, 0.2) is 33.1 Å². The topological polar surface area (TPSA) is 72.3 Å². The average Bonchev–Trinajstić information content (AvgIpc) is 3.22. The van der Waals surface area contributed by atoms with Crippen molar-refractivity contribution in [1.82, 2.24) is 4.98 Å². The number of ketones is 1. The first kappa shape index (κ1) is 14.9. The van der Waals surface area contributed by atoms with Gasteiger partial charge in [0.25, 0.3) is 0 Å². The van der Waals surface area contributed by atoms with Gasteiger partial charge in [0.15, 0.2) is 17.3 Å². The number of allylic oxidation sites excluding steroid dienone is 1. The molecule has 0 amide bonds. The van der Waals surface area contributed by atoms with Crippen LogP contribution in [0.3, 0.4) is 0 Å². The molecule has 116 valence electrons. The normalized spacial score (nSPS) is 21.4. The molecule has 5 nitrogen and oxygen atoms in total. The van der Waals surface area contributed by atoms with Gasteiger partial charge in [-0.05, 0) is 23.8 Å². The molecule has 23 heavy (non-hydrogen) atoms. The highest BCUT2D eigenvalue weighted by atomic mass is 79.9. The first-order valence-electron chi connectivity index (χ1n) is 6.64. The first-order valence-corrected chi connectivity index (χ1v) is 9.13. The lowest BCUT2D eigenvalue weighted by Gasteiger charge is -2.03. The second-order valence-corrected chi connectivity index (χ2v) is 7.73. The second kappa shape index (κ2) is 5.77. The summed E-state index contributed by atoms with van der Waals surface area (Å²) >= 11 is 6.06. The number of benzene rings is 1. The van der Waals surface area contributed by atoms with E-state index in [1.807, 2.05) is 17.5 Å². The molecule has 2 aliphatic rings. The van der Waals surface area contributed by atoms with Gasteiger partial charge >= 0.3 is 0 Å². The van der Waals surface area contributed by atoms with Gasteiger partial charge in [-0.15, -0.1) is 11.3 Å². The van der Waals surface area contributed by atoms with Crippen molar-refractivity contribution >= 4 is 55.9 Å². The summed E-state index contributed by atoms with van der Waals surface area (Å²) in [7, 11) is 0. The molecule has 1 unspecified atom stereocenters. The Balaban J connectivity index is 1.70. The Kier molecular flexibility index (Phi) is 3.74. The number of aromatic nitrogens is 1. The molecular formula is C15H9BrN2O3S2. The highest BCUT2D eigenvalue weighted by molar-refractivity contribution is 9.10. The number of carbonyl (C=O) groups is 1. The van der Waals surface area contributed by atoms with E-state index in [-0.39, 0.29) is 12.6 Å². The fourth-order valence-corrected chi connectivity index (χ4v) is 4.61. The summed E-state index contributed by atoms with van der Waals surface area (Å²) in [6.07, 6.45) is 3.43. The Bertz CT molecular complexity index is 849. The van der Waals surface area contributed by atoms with Crippen LogP contribution in [0.1, 0.15) is 16.5 Å². The highest BCUT2D eigenvalue weighted by Gasteiger charge is 2.38. The van der Waals surface area contributed by atoms with E-state index in [9.17, 15) is 4.79 Å². The minimum Gasteiger partial charge on any atom is -0.454 e. The van der Waals surface area contributed by atoms with Gasteiger partial charge in [-0.25, -0.2) is 4.98 Å². The lowest BCUT2D eigenvalue weighted by Crippen LogP contribution is -2.11. The standard InChI is InChI=1S/C15H9BrN2O3S2/c16-8-5-10-9(20-6-21-10)3-7(8)4-11-13(19)12(14(17)23-11)15-18-1-2-22-15/h1-5,12,17H,6H2. The molecule has 0 spiro atoms. The molecule has 1 saturated heterocycles. The summed E-state index contributed by atoms with van der Waals surface area (Å²) < 4.78 is 11.5. The number of rotatable bonds is 2. The van der Waals surface area contributed by atoms with E-state index >= 15 is 0 Å². The van der Waals surface area contributed by atoms with Crippen LogP contribution in [0, 0.1) is 5.41 Å². The smallest absolute Gasteiger partial charge is 0.231 e. The Morgan fingerprint density at radius 3 is 2.87 bits per heavy atom. The summed E-state index contributed by atoms with van der Waals surface area (Å²) in [4.78, 5) is 17.3. The number of carbonyl (C=O) groups excluding carboxylic acids is 1. The molecule has 1 atom stereocenters. The van der Waals surface area contributed by atoms with Crippen LogP contribution < -0.4 is 9.47 Å². The number of thiazole rings is 1. The summed E-state index contributed by atoms with van der Waals surface area (Å²) in [5, 5.41) is 10.9. The lowest BCUT2D eigenvalue weighted by atomic mass is 10.0. The molecule has 0 bridgehead atoms. The van der Waals surface area contributed by atoms with Crippen molar-refractivity contribution < 1.29 is 14.3 Å². The van der Waals surface area contributed by atoms with E-state index in [0.29, 0.717) is 26.5 Å². The molecular weight excluding hydrogens is 400 g/mol. The fourth-order valence-electron chi connectivity index (χ4n) is 2.38. The number of halogens is 1. The van der Waals surface area contributed by atoms with Gasteiger partial charge in [-0.1, -0.05) is 27.7 Å². The number of ether oxygens (including phenoxy) is 2. The molecule has 2 aliphatic heterocycles. The SMILES string of the molecule is N=C1SC(=Cc2cc3c(cc2Br)OCO3)C(=O)C1c1nccs1. The molecule has 0 aliphatic carbocycles. The monoisotopic (exact) mass is 408 g/mol. The summed E-state index contributed by atoms with van der Waals surface area (Å²) in [5.41, 5.74) is 0.817. The average molecular weight is 409 g/mol. The zero-order valence-corrected chi connectivity index (χ0v) is 14.8. The van der Waals surface area contributed by atoms with Crippen molar-refractivity contribution in [2.24, 2.45) is 0 Å².